The van der Waals surface area contributed by atoms with Gasteiger partial charge in [0.1, 0.15) is 5.54 Å². The molecule has 1 saturated heterocycles. The molecule has 4 aliphatic rings. The van der Waals surface area contributed by atoms with E-state index < -0.39 is 5.54 Å². The maximum Gasteiger partial charge on any atom is 0.248 e. The van der Waals surface area contributed by atoms with Crippen molar-refractivity contribution in [2.75, 3.05) is 13.1 Å². The number of nitrogens with one attached hydrogen (secondary N) is 1. The zero-order chi connectivity index (χ0) is 13.7. The molecule has 3 saturated carbocycles. The summed E-state index contributed by atoms with van der Waals surface area (Å²) in [5, 5.41) is 3.00. The predicted octanol–water partition coefficient (Wildman–Crippen LogP) is 1.69. The molecule has 3 unspecified atom stereocenters. The van der Waals surface area contributed by atoms with Crippen LogP contribution in [0.5, 0.6) is 0 Å². The minimum atomic E-state index is -0.535. The second-order valence-corrected chi connectivity index (χ2v) is 7.46. The lowest BCUT2D eigenvalue weighted by Crippen LogP contribution is -2.66. The van der Waals surface area contributed by atoms with Crippen LogP contribution < -0.4 is 5.32 Å². The Morgan fingerprint density at radius 3 is 2.60 bits per heavy atom. The molecule has 0 aromatic carbocycles. The van der Waals surface area contributed by atoms with Gasteiger partial charge in [0, 0.05) is 6.54 Å². The first-order chi connectivity index (χ1) is 9.66. The fourth-order valence-electron chi connectivity index (χ4n) is 5.26. The Morgan fingerprint density at radius 1 is 1.15 bits per heavy atom. The van der Waals surface area contributed by atoms with Gasteiger partial charge in [-0.2, -0.15) is 0 Å². The fraction of sp³-hybridized carbons (Fsp3) is 0.875. The number of hydrogen-bond acceptors (Lipinski definition) is 2. The third-order valence-corrected chi connectivity index (χ3v) is 6.21. The molecule has 3 aliphatic carbocycles. The summed E-state index contributed by atoms with van der Waals surface area (Å²) in [7, 11) is 0. The van der Waals surface area contributed by atoms with Crippen LogP contribution in [0.3, 0.4) is 0 Å². The van der Waals surface area contributed by atoms with Crippen molar-refractivity contribution in [3.05, 3.63) is 0 Å². The molecule has 4 rings (SSSR count). The fourth-order valence-corrected chi connectivity index (χ4v) is 5.26. The summed E-state index contributed by atoms with van der Waals surface area (Å²) in [6.45, 7) is 1.11. The summed E-state index contributed by atoms with van der Waals surface area (Å²) in [5.74, 6) is 2.63. The van der Waals surface area contributed by atoms with Gasteiger partial charge in [-0.25, -0.2) is 0 Å². The molecular weight excluding hydrogens is 252 g/mol. The maximum absolute atomic E-state index is 12.8. The molecule has 2 bridgehead atoms. The van der Waals surface area contributed by atoms with Gasteiger partial charge in [0.2, 0.25) is 11.8 Å². The molecule has 4 heteroatoms. The quantitative estimate of drug-likeness (QED) is 0.834. The first-order valence-corrected chi connectivity index (χ1v) is 8.27. The smallest absolute Gasteiger partial charge is 0.248 e. The summed E-state index contributed by atoms with van der Waals surface area (Å²) in [6, 6.07) is 0. The second kappa shape index (κ2) is 4.47. The van der Waals surface area contributed by atoms with Crippen LogP contribution in [0.4, 0.5) is 0 Å². The topological polar surface area (TPSA) is 49.4 Å². The number of amides is 2. The van der Waals surface area contributed by atoms with Crippen molar-refractivity contribution in [1.29, 1.82) is 0 Å². The van der Waals surface area contributed by atoms with Crippen LogP contribution in [-0.2, 0) is 9.59 Å². The first-order valence-electron chi connectivity index (χ1n) is 8.27. The van der Waals surface area contributed by atoms with Gasteiger partial charge in [0.15, 0.2) is 0 Å². The summed E-state index contributed by atoms with van der Waals surface area (Å²) >= 11 is 0. The lowest BCUT2D eigenvalue weighted by molar-refractivity contribution is -0.150. The van der Waals surface area contributed by atoms with Crippen LogP contribution in [-0.4, -0.2) is 35.3 Å². The van der Waals surface area contributed by atoms with E-state index in [0.29, 0.717) is 5.92 Å². The van der Waals surface area contributed by atoms with E-state index in [1.165, 1.54) is 25.7 Å². The monoisotopic (exact) mass is 276 g/mol. The number of rotatable bonds is 2. The predicted molar refractivity (Wildman–Crippen MR) is 74.9 cm³/mol. The van der Waals surface area contributed by atoms with E-state index in [1.54, 1.807) is 0 Å². The van der Waals surface area contributed by atoms with Gasteiger partial charge in [0.05, 0.1) is 6.54 Å². The molecule has 0 aromatic rings. The minimum Gasteiger partial charge on any atom is -0.340 e. The molecule has 4 nitrogen and oxygen atoms in total. The normalized spacial score (nSPS) is 38.8. The molecule has 2 amide bonds. The summed E-state index contributed by atoms with van der Waals surface area (Å²) in [5.41, 5.74) is -0.535. The molecular formula is C16H24N2O2. The highest BCUT2D eigenvalue weighted by Crippen LogP contribution is 2.48. The van der Waals surface area contributed by atoms with Crippen molar-refractivity contribution in [1.82, 2.24) is 10.2 Å². The van der Waals surface area contributed by atoms with Crippen molar-refractivity contribution in [2.45, 2.75) is 56.9 Å². The largest absolute Gasteiger partial charge is 0.340 e. The van der Waals surface area contributed by atoms with E-state index >= 15 is 0 Å². The Hall–Kier alpha value is -1.06. The SMILES string of the molecule is O=C1CN(CC2CC3CCC2C3)C(=O)C2(CCCC2)N1. The van der Waals surface area contributed by atoms with E-state index in [4.69, 9.17) is 0 Å². The summed E-state index contributed by atoms with van der Waals surface area (Å²) in [4.78, 5) is 26.7. The number of fused-ring (bicyclic) bond motifs is 2. The van der Waals surface area contributed by atoms with Crippen molar-refractivity contribution < 1.29 is 9.59 Å². The Labute approximate surface area is 120 Å². The van der Waals surface area contributed by atoms with Crippen LogP contribution in [0.15, 0.2) is 0 Å². The van der Waals surface area contributed by atoms with Crippen molar-refractivity contribution in [3.63, 3.8) is 0 Å². The van der Waals surface area contributed by atoms with Gasteiger partial charge in [-0.1, -0.05) is 19.3 Å². The van der Waals surface area contributed by atoms with Gasteiger partial charge >= 0.3 is 0 Å². The van der Waals surface area contributed by atoms with Crippen LogP contribution in [0, 0.1) is 17.8 Å². The standard InChI is InChI=1S/C16H24N2O2/c19-14-10-18(9-13-8-11-3-4-12(13)7-11)15(20)16(17-14)5-1-2-6-16/h11-13H,1-10H2,(H,17,19). The third-order valence-electron chi connectivity index (χ3n) is 6.21. The summed E-state index contributed by atoms with van der Waals surface area (Å²) in [6.07, 6.45) is 9.18. The van der Waals surface area contributed by atoms with Gasteiger partial charge < -0.3 is 10.2 Å². The van der Waals surface area contributed by atoms with E-state index in [9.17, 15) is 9.59 Å². The Morgan fingerprint density at radius 2 is 1.95 bits per heavy atom. The average molecular weight is 276 g/mol. The highest BCUT2D eigenvalue weighted by Gasteiger charge is 2.49. The lowest BCUT2D eigenvalue weighted by Gasteiger charge is -2.41. The van der Waals surface area contributed by atoms with Crippen molar-refractivity contribution in [2.24, 2.45) is 17.8 Å². The number of carbonyl (C=O) groups excluding carboxylic acids is 2. The third kappa shape index (κ3) is 1.87. The molecule has 1 heterocycles. The van der Waals surface area contributed by atoms with Crippen molar-refractivity contribution >= 4 is 11.8 Å². The number of hydrogen-bond donors (Lipinski definition) is 1. The molecule has 1 aliphatic heterocycles. The molecule has 0 radical (unpaired) electrons. The van der Waals surface area contributed by atoms with Gasteiger partial charge in [-0.15, -0.1) is 0 Å². The lowest BCUT2D eigenvalue weighted by atomic mass is 9.87. The Bertz CT molecular complexity index is 442. The summed E-state index contributed by atoms with van der Waals surface area (Å²) < 4.78 is 0. The van der Waals surface area contributed by atoms with Gasteiger partial charge in [-0.3, -0.25) is 9.59 Å². The van der Waals surface area contributed by atoms with Crippen LogP contribution in [0.2, 0.25) is 0 Å². The second-order valence-electron chi connectivity index (χ2n) is 7.46. The molecule has 3 atom stereocenters. The number of piperazine rings is 1. The molecule has 0 aromatic heterocycles. The van der Waals surface area contributed by atoms with E-state index in [1.807, 2.05) is 4.90 Å². The molecule has 1 spiro atoms. The highest BCUT2D eigenvalue weighted by molar-refractivity contribution is 5.98. The van der Waals surface area contributed by atoms with Crippen molar-refractivity contribution in [3.8, 4) is 0 Å². The molecule has 20 heavy (non-hydrogen) atoms. The van der Waals surface area contributed by atoms with Gasteiger partial charge in [0.25, 0.3) is 0 Å². The Balaban J connectivity index is 1.49. The zero-order valence-electron chi connectivity index (χ0n) is 12.1. The molecule has 110 valence electrons. The highest BCUT2D eigenvalue weighted by atomic mass is 16.2. The number of carbonyl (C=O) groups is 2. The first kappa shape index (κ1) is 12.7. The average Bonchev–Trinajstić information content (AvgIpc) is 3.12. The number of nitrogens with zero attached hydrogens (tertiary/aromatic N) is 1. The minimum absolute atomic E-state index is 0.0506. The maximum atomic E-state index is 12.8. The van der Waals surface area contributed by atoms with Crippen LogP contribution >= 0.6 is 0 Å². The van der Waals surface area contributed by atoms with Crippen LogP contribution in [0.25, 0.3) is 0 Å². The molecule has 4 fully saturated rings. The Kier molecular flexibility index (Phi) is 2.83. The van der Waals surface area contributed by atoms with E-state index in [0.717, 1.165) is 44.1 Å². The zero-order valence-corrected chi connectivity index (χ0v) is 12.1. The van der Waals surface area contributed by atoms with Crippen LogP contribution in [0.1, 0.15) is 51.4 Å². The van der Waals surface area contributed by atoms with Gasteiger partial charge in [-0.05, 0) is 49.9 Å². The van der Waals surface area contributed by atoms with E-state index in [-0.39, 0.29) is 18.4 Å². The molecule has 1 N–H and O–H groups in total. The van der Waals surface area contributed by atoms with E-state index in [2.05, 4.69) is 5.32 Å².